The van der Waals surface area contributed by atoms with Gasteiger partial charge in [0.25, 0.3) is 0 Å². The number of benzene rings is 2. The fourth-order valence-corrected chi connectivity index (χ4v) is 10.4. The average Bonchev–Trinajstić information content (AvgIpc) is 3.43. The first-order valence-electron chi connectivity index (χ1n) is 17.2. The first-order chi connectivity index (χ1) is 22.1. The molecule has 7 nitrogen and oxygen atoms in total. The Labute approximate surface area is 272 Å². The smallest absolute Gasteiger partial charge is 0.338 e. The van der Waals surface area contributed by atoms with E-state index in [0.717, 1.165) is 19.3 Å². The Hall–Kier alpha value is -3.48. The summed E-state index contributed by atoms with van der Waals surface area (Å²) in [4.78, 5) is 52.2. The largest absolute Gasteiger partial charge is 0.469 e. The molecule has 6 rings (SSSR count). The molecule has 0 saturated heterocycles. The Balaban J connectivity index is 1.39. The highest BCUT2D eigenvalue weighted by molar-refractivity contribution is 5.90. The number of methoxy groups -OCH3 is 1. The summed E-state index contributed by atoms with van der Waals surface area (Å²) in [7, 11) is 1.42. The lowest BCUT2D eigenvalue weighted by Gasteiger charge is -2.63. The van der Waals surface area contributed by atoms with Crippen LogP contribution in [0, 0.1) is 46.3 Å². The van der Waals surface area contributed by atoms with Crippen molar-refractivity contribution >= 4 is 23.7 Å². The minimum absolute atomic E-state index is 0.0802. The van der Waals surface area contributed by atoms with Gasteiger partial charge < -0.3 is 14.2 Å². The number of carbonyl (C=O) groups excluding carboxylic acids is 4. The Morgan fingerprint density at radius 3 is 2.13 bits per heavy atom. The zero-order chi connectivity index (χ0) is 32.6. The SMILES string of the molecule is COC(=O)CCC(C)[C@H]1CC[C@H]2[C@@H]3[C@H](OC(=O)c4ccccc4)C[C@@H]4CC(=O)CC[C@]4(C)[C@H]3C[C@H](OC(=O)c3ccccc3)[C@]12C. The molecule has 4 aliphatic carbocycles. The summed E-state index contributed by atoms with van der Waals surface area (Å²) in [5, 5.41) is 0. The van der Waals surface area contributed by atoms with Gasteiger partial charge in [-0.25, -0.2) is 9.59 Å². The lowest BCUT2D eigenvalue weighted by molar-refractivity contribution is -0.201. The van der Waals surface area contributed by atoms with Crippen molar-refractivity contribution in [1.82, 2.24) is 0 Å². The molecule has 0 aliphatic heterocycles. The van der Waals surface area contributed by atoms with Crippen molar-refractivity contribution in [1.29, 1.82) is 0 Å². The topological polar surface area (TPSA) is 96.0 Å². The molecule has 0 amide bonds. The predicted octanol–water partition coefficient (Wildman–Crippen LogP) is 7.47. The molecule has 2 aromatic rings. The van der Waals surface area contributed by atoms with Gasteiger partial charge in [0.05, 0.1) is 18.2 Å². The van der Waals surface area contributed by atoms with Crippen molar-refractivity contribution in [3.8, 4) is 0 Å². The zero-order valence-electron chi connectivity index (χ0n) is 27.6. The molecule has 10 atom stereocenters. The quantitative estimate of drug-likeness (QED) is 0.221. The second-order valence-electron chi connectivity index (χ2n) is 14.9. The molecule has 0 radical (unpaired) electrons. The molecule has 1 unspecified atom stereocenters. The molecule has 0 heterocycles. The summed E-state index contributed by atoms with van der Waals surface area (Å²) in [5.41, 5.74) is 0.554. The van der Waals surface area contributed by atoms with Crippen LogP contribution in [0.5, 0.6) is 0 Å². The van der Waals surface area contributed by atoms with Crippen molar-refractivity contribution in [2.45, 2.75) is 90.8 Å². The molecular formula is C39H48O7. The van der Waals surface area contributed by atoms with Gasteiger partial charge in [0.15, 0.2) is 0 Å². The average molecular weight is 629 g/mol. The predicted molar refractivity (Wildman–Crippen MR) is 173 cm³/mol. The number of Topliss-reactive ketones (excluding diaryl/α,β-unsaturated/α-hetero) is 1. The summed E-state index contributed by atoms with van der Waals surface area (Å²) >= 11 is 0. The lowest BCUT2D eigenvalue weighted by atomic mass is 9.43. The summed E-state index contributed by atoms with van der Waals surface area (Å²) in [6.07, 6.45) is 5.45. The molecule has 4 aliphatic rings. The van der Waals surface area contributed by atoms with Crippen LogP contribution in [-0.4, -0.2) is 43.0 Å². The maximum Gasteiger partial charge on any atom is 0.338 e. The third-order valence-electron chi connectivity index (χ3n) is 12.9. The van der Waals surface area contributed by atoms with Crippen molar-refractivity contribution in [2.24, 2.45) is 46.3 Å². The fourth-order valence-electron chi connectivity index (χ4n) is 10.4. The Morgan fingerprint density at radius 1 is 0.870 bits per heavy atom. The van der Waals surface area contributed by atoms with Crippen LogP contribution in [0.15, 0.2) is 60.7 Å². The summed E-state index contributed by atoms with van der Waals surface area (Å²) in [6.45, 7) is 6.83. The molecular weight excluding hydrogens is 580 g/mol. The fraction of sp³-hybridized carbons (Fsp3) is 0.590. The monoisotopic (exact) mass is 628 g/mol. The van der Waals surface area contributed by atoms with Crippen molar-refractivity contribution < 1.29 is 33.4 Å². The van der Waals surface area contributed by atoms with E-state index in [4.69, 9.17) is 14.2 Å². The summed E-state index contributed by atoms with van der Waals surface area (Å²) < 4.78 is 18.0. The second kappa shape index (κ2) is 13.0. The standard InChI is InChI=1S/C39H48O7/c1-24(15-18-34(41)44-4)29-16-17-30-35-31(23-33(39(29,30)3)46-37(43)26-13-9-6-10-14-26)38(2)20-19-28(40)21-27(38)22-32(35)45-36(42)25-11-7-5-8-12-25/h5-14,24,27,29-33,35H,15-23H2,1-4H3/t24?,27-,29+,30-,31-,32+,33-,35-,38-,39+/m0/s1. The number of hydrogen-bond acceptors (Lipinski definition) is 7. The van der Waals surface area contributed by atoms with E-state index in [1.54, 1.807) is 24.3 Å². The molecule has 4 fully saturated rings. The maximum absolute atomic E-state index is 13.7. The molecule has 2 aromatic carbocycles. The summed E-state index contributed by atoms with van der Waals surface area (Å²) in [6, 6.07) is 18.3. The molecule has 0 bridgehead atoms. The number of ether oxygens (including phenoxy) is 3. The van der Waals surface area contributed by atoms with Crippen LogP contribution in [0.1, 0.15) is 99.3 Å². The van der Waals surface area contributed by atoms with Gasteiger partial charge in [-0.3, -0.25) is 9.59 Å². The third kappa shape index (κ3) is 5.79. The van der Waals surface area contributed by atoms with E-state index in [9.17, 15) is 19.2 Å². The highest BCUT2D eigenvalue weighted by Gasteiger charge is 2.67. The van der Waals surface area contributed by atoms with Crippen molar-refractivity contribution in [3.05, 3.63) is 71.8 Å². The number of ketones is 1. The van der Waals surface area contributed by atoms with Gasteiger partial charge >= 0.3 is 17.9 Å². The van der Waals surface area contributed by atoms with Gasteiger partial charge in [-0.05, 0) is 97.8 Å². The van der Waals surface area contributed by atoms with Crippen LogP contribution in [0.25, 0.3) is 0 Å². The highest BCUT2D eigenvalue weighted by atomic mass is 16.6. The van der Waals surface area contributed by atoms with Gasteiger partial charge in [-0.15, -0.1) is 0 Å². The third-order valence-corrected chi connectivity index (χ3v) is 12.9. The zero-order valence-corrected chi connectivity index (χ0v) is 27.6. The molecule has 46 heavy (non-hydrogen) atoms. The van der Waals surface area contributed by atoms with Gasteiger partial charge in [-0.2, -0.15) is 0 Å². The number of esters is 3. The van der Waals surface area contributed by atoms with E-state index in [1.165, 1.54) is 7.11 Å². The molecule has 0 aromatic heterocycles. The molecule has 7 heteroatoms. The van der Waals surface area contributed by atoms with E-state index in [0.29, 0.717) is 49.7 Å². The van der Waals surface area contributed by atoms with E-state index in [-0.39, 0.29) is 82.2 Å². The van der Waals surface area contributed by atoms with E-state index in [1.807, 2.05) is 36.4 Å². The van der Waals surface area contributed by atoms with Crippen LogP contribution in [0.4, 0.5) is 0 Å². The number of hydrogen-bond donors (Lipinski definition) is 0. The van der Waals surface area contributed by atoms with E-state index in [2.05, 4.69) is 20.8 Å². The van der Waals surface area contributed by atoms with Gasteiger partial charge in [0.1, 0.15) is 18.0 Å². The first kappa shape index (κ1) is 32.5. The number of fused-ring (bicyclic) bond motifs is 5. The molecule has 4 saturated carbocycles. The minimum Gasteiger partial charge on any atom is -0.469 e. The van der Waals surface area contributed by atoms with Crippen LogP contribution >= 0.6 is 0 Å². The molecule has 246 valence electrons. The van der Waals surface area contributed by atoms with Gasteiger partial charge in [0, 0.05) is 30.6 Å². The van der Waals surface area contributed by atoms with Gasteiger partial charge in [0.2, 0.25) is 0 Å². The van der Waals surface area contributed by atoms with Crippen LogP contribution < -0.4 is 0 Å². The van der Waals surface area contributed by atoms with E-state index < -0.39 is 0 Å². The lowest BCUT2D eigenvalue weighted by Crippen LogP contribution is -2.63. The second-order valence-corrected chi connectivity index (χ2v) is 14.9. The minimum atomic E-state index is -0.383. The van der Waals surface area contributed by atoms with Crippen molar-refractivity contribution in [3.63, 3.8) is 0 Å². The van der Waals surface area contributed by atoms with Crippen molar-refractivity contribution in [2.75, 3.05) is 7.11 Å². The Kier molecular flexibility index (Phi) is 9.15. The van der Waals surface area contributed by atoms with Crippen LogP contribution in [0.3, 0.4) is 0 Å². The maximum atomic E-state index is 13.7. The Morgan fingerprint density at radius 2 is 1.50 bits per heavy atom. The highest BCUT2D eigenvalue weighted by Crippen LogP contribution is 2.69. The normalized spacial score (nSPS) is 35.6. The van der Waals surface area contributed by atoms with Crippen LogP contribution in [-0.2, 0) is 23.8 Å². The number of carbonyl (C=O) groups is 4. The molecule has 0 spiro atoms. The van der Waals surface area contributed by atoms with Gasteiger partial charge in [-0.1, -0.05) is 57.2 Å². The van der Waals surface area contributed by atoms with Crippen LogP contribution in [0.2, 0.25) is 0 Å². The first-order valence-corrected chi connectivity index (χ1v) is 17.2. The van der Waals surface area contributed by atoms with E-state index >= 15 is 0 Å². The number of rotatable bonds is 8. The Bertz CT molecular complexity index is 1440. The summed E-state index contributed by atoms with van der Waals surface area (Å²) in [5.74, 6) is 0.295. The molecule has 0 N–H and O–H groups in total.